The van der Waals surface area contributed by atoms with E-state index in [1.54, 1.807) is 36.4 Å². The molecule has 3 aromatic carbocycles. The Hall–Kier alpha value is -3.26. The summed E-state index contributed by atoms with van der Waals surface area (Å²) in [6.45, 7) is 0. The lowest BCUT2D eigenvalue weighted by molar-refractivity contribution is -0.148. The highest BCUT2D eigenvalue weighted by Gasteiger charge is 2.69. The first-order valence-electron chi connectivity index (χ1n) is 10.9. The molecule has 2 N–H and O–H groups in total. The minimum atomic E-state index is -1.86. The van der Waals surface area contributed by atoms with E-state index in [-0.39, 0.29) is 22.7 Å². The van der Waals surface area contributed by atoms with Gasteiger partial charge in [-0.3, -0.25) is 19.7 Å². The van der Waals surface area contributed by atoms with Crippen molar-refractivity contribution >= 4 is 46.7 Å². The number of halogens is 3. The summed E-state index contributed by atoms with van der Waals surface area (Å²) in [7, 11) is 0. The van der Waals surface area contributed by atoms with Crippen LogP contribution < -0.4 is 10.2 Å². The van der Waals surface area contributed by atoms with Gasteiger partial charge in [0.1, 0.15) is 11.4 Å². The number of benzene rings is 3. The normalized spacial score (nSPS) is 25.7. The zero-order valence-electron chi connectivity index (χ0n) is 18.1. The molecule has 0 bridgehead atoms. The molecule has 178 valence electrons. The third-order valence-electron chi connectivity index (χ3n) is 6.75. The molecular weight excluding hydrogens is 494 g/mol. The maximum atomic E-state index is 14.9. The highest BCUT2D eigenvalue weighted by molar-refractivity contribution is 6.38. The van der Waals surface area contributed by atoms with Gasteiger partial charge in [0, 0.05) is 23.0 Å². The first-order valence-corrected chi connectivity index (χ1v) is 11.6. The predicted octanol–water partition coefficient (Wildman–Crippen LogP) is 4.65. The van der Waals surface area contributed by atoms with Gasteiger partial charge in [-0.1, -0.05) is 71.7 Å². The second-order valence-corrected chi connectivity index (χ2v) is 9.54. The smallest absolute Gasteiger partial charge is 0.325 e. The van der Waals surface area contributed by atoms with Crippen LogP contribution >= 0.6 is 23.2 Å². The summed E-state index contributed by atoms with van der Waals surface area (Å²) in [6, 6.07) is 17.9. The van der Waals surface area contributed by atoms with E-state index in [4.69, 9.17) is 23.2 Å². The van der Waals surface area contributed by atoms with Crippen LogP contribution in [-0.4, -0.2) is 28.4 Å². The van der Waals surface area contributed by atoms with Crippen LogP contribution in [0.4, 0.5) is 10.1 Å². The summed E-state index contributed by atoms with van der Waals surface area (Å²) in [5, 5.41) is 13.9. The molecule has 2 aliphatic heterocycles. The standard InChI is InChI=1S/C26H19Cl2FN2O4/c27-15-10-11-19(17(28)12-15)31-23(32)20-21(24(31)33)26(25(34)35,13-14-6-2-1-3-7-14)30-22(20)16-8-4-5-9-18(16)29/h1-12,20-22,30H,13H2,(H,34,35)/t20-,21+,22-,26-/m0/s1. The van der Waals surface area contributed by atoms with Gasteiger partial charge in [-0.05, 0) is 29.8 Å². The van der Waals surface area contributed by atoms with Crippen molar-refractivity contribution in [3.05, 3.63) is 99.8 Å². The van der Waals surface area contributed by atoms with Crippen LogP contribution in [0.2, 0.25) is 10.0 Å². The van der Waals surface area contributed by atoms with Crippen molar-refractivity contribution in [3.8, 4) is 0 Å². The Labute approximate surface area is 210 Å². The molecule has 0 aromatic heterocycles. The fourth-order valence-electron chi connectivity index (χ4n) is 5.25. The van der Waals surface area contributed by atoms with Gasteiger partial charge < -0.3 is 5.11 Å². The van der Waals surface area contributed by atoms with Gasteiger partial charge in [-0.25, -0.2) is 9.29 Å². The number of nitrogens with zero attached hydrogens (tertiary/aromatic N) is 1. The zero-order chi connectivity index (χ0) is 24.9. The maximum absolute atomic E-state index is 14.9. The molecule has 0 radical (unpaired) electrons. The highest BCUT2D eigenvalue weighted by Crippen LogP contribution is 2.52. The quantitative estimate of drug-likeness (QED) is 0.486. The number of amides is 2. The number of carboxylic acid groups (broad SMARTS) is 1. The van der Waals surface area contributed by atoms with Crippen LogP contribution in [0.5, 0.6) is 0 Å². The van der Waals surface area contributed by atoms with Crippen molar-refractivity contribution in [2.45, 2.75) is 18.0 Å². The van der Waals surface area contributed by atoms with Crippen molar-refractivity contribution in [1.82, 2.24) is 5.32 Å². The van der Waals surface area contributed by atoms with Crippen LogP contribution in [0.3, 0.4) is 0 Å². The number of fused-ring (bicyclic) bond motifs is 1. The number of anilines is 1. The number of hydrogen-bond acceptors (Lipinski definition) is 4. The summed E-state index contributed by atoms with van der Waals surface area (Å²) in [4.78, 5) is 41.3. The predicted molar refractivity (Wildman–Crippen MR) is 129 cm³/mol. The third-order valence-corrected chi connectivity index (χ3v) is 7.29. The molecule has 0 aliphatic carbocycles. The van der Waals surface area contributed by atoms with Crippen molar-refractivity contribution in [2.24, 2.45) is 11.8 Å². The first-order chi connectivity index (χ1) is 16.7. The minimum Gasteiger partial charge on any atom is -0.480 e. The molecule has 2 heterocycles. The lowest BCUT2D eigenvalue weighted by atomic mass is 9.76. The van der Waals surface area contributed by atoms with Crippen LogP contribution in [0.15, 0.2) is 72.8 Å². The van der Waals surface area contributed by atoms with Gasteiger partial charge in [-0.2, -0.15) is 0 Å². The molecular formula is C26H19Cl2FN2O4. The van der Waals surface area contributed by atoms with E-state index in [2.05, 4.69) is 5.32 Å². The Bertz CT molecular complexity index is 1350. The average molecular weight is 513 g/mol. The maximum Gasteiger partial charge on any atom is 0.325 e. The van der Waals surface area contributed by atoms with Crippen molar-refractivity contribution < 1.29 is 23.9 Å². The summed E-state index contributed by atoms with van der Waals surface area (Å²) in [5.41, 5.74) is -0.992. The van der Waals surface area contributed by atoms with Crippen LogP contribution in [0.1, 0.15) is 17.2 Å². The lowest BCUT2D eigenvalue weighted by Crippen LogP contribution is -2.57. The lowest BCUT2D eigenvalue weighted by Gasteiger charge is -2.31. The number of nitrogens with one attached hydrogen (secondary N) is 1. The Morgan fingerprint density at radius 3 is 2.34 bits per heavy atom. The number of hydrogen-bond donors (Lipinski definition) is 2. The summed E-state index contributed by atoms with van der Waals surface area (Å²) in [5.74, 6) is -5.74. The van der Waals surface area contributed by atoms with E-state index in [9.17, 15) is 23.9 Å². The number of carbonyl (C=O) groups is 3. The Kier molecular flexibility index (Phi) is 5.87. The van der Waals surface area contributed by atoms with Crippen LogP contribution in [0.25, 0.3) is 0 Å². The van der Waals surface area contributed by atoms with Gasteiger partial charge in [0.25, 0.3) is 0 Å². The van der Waals surface area contributed by atoms with Gasteiger partial charge in [0.15, 0.2) is 0 Å². The van der Waals surface area contributed by atoms with Gasteiger partial charge in [0.05, 0.1) is 22.5 Å². The first kappa shape index (κ1) is 23.5. The van der Waals surface area contributed by atoms with E-state index in [0.29, 0.717) is 10.6 Å². The topological polar surface area (TPSA) is 86.7 Å². The van der Waals surface area contributed by atoms with Gasteiger partial charge in [-0.15, -0.1) is 0 Å². The van der Waals surface area contributed by atoms with E-state index < -0.39 is 47.0 Å². The average Bonchev–Trinajstić information content (AvgIpc) is 3.29. The molecule has 3 aromatic rings. The molecule has 6 nitrogen and oxygen atoms in total. The molecule has 0 unspecified atom stereocenters. The number of imide groups is 1. The molecule has 35 heavy (non-hydrogen) atoms. The number of rotatable bonds is 5. The molecule has 2 amide bonds. The highest BCUT2D eigenvalue weighted by atomic mass is 35.5. The fraction of sp³-hybridized carbons (Fsp3) is 0.192. The van der Waals surface area contributed by atoms with Gasteiger partial charge >= 0.3 is 5.97 Å². The molecule has 9 heteroatoms. The van der Waals surface area contributed by atoms with Crippen molar-refractivity contribution in [2.75, 3.05) is 4.90 Å². The Morgan fingerprint density at radius 1 is 1.00 bits per heavy atom. The molecule has 2 saturated heterocycles. The largest absolute Gasteiger partial charge is 0.480 e. The fourth-order valence-corrected chi connectivity index (χ4v) is 5.74. The number of aliphatic carboxylic acids is 1. The monoisotopic (exact) mass is 512 g/mol. The molecule has 0 spiro atoms. The third kappa shape index (κ3) is 3.71. The molecule has 2 fully saturated rings. The van der Waals surface area contributed by atoms with E-state index >= 15 is 0 Å². The number of carbonyl (C=O) groups excluding carboxylic acids is 2. The Balaban J connectivity index is 1.69. The van der Waals surface area contributed by atoms with Crippen LogP contribution in [-0.2, 0) is 20.8 Å². The molecule has 0 saturated carbocycles. The SMILES string of the molecule is O=C1[C@@H]2[C@H](c3ccccc3F)N[C@](Cc3ccccc3)(C(=O)O)[C@H]2C(=O)N1c1ccc(Cl)cc1Cl. The molecule has 2 aliphatic rings. The van der Waals surface area contributed by atoms with Crippen molar-refractivity contribution in [1.29, 1.82) is 0 Å². The Morgan fingerprint density at radius 2 is 1.69 bits per heavy atom. The van der Waals surface area contributed by atoms with E-state index in [1.165, 1.54) is 36.4 Å². The number of carboxylic acids is 1. The summed E-state index contributed by atoms with van der Waals surface area (Å²) >= 11 is 12.3. The van der Waals surface area contributed by atoms with E-state index in [1.807, 2.05) is 0 Å². The van der Waals surface area contributed by atoms with E-state index in [0.717, 1.165) is 4.90 Å². The zero-order valence-corrected chi connectivity index (χ0v) is 19.6. The summed E-state index contributed by atoms with van der Waals surface area (Å²) in [6.07, 6.45) is -0.0868. The van der Waals surface area contributed by atoms with Gasteiger partial charge in [0.2, 0.25) is 11.8 Å². The minimum absolute atomic E-state index is 0.0681. The molecule has 4 atom stereocenters. The van der Waals surface area contributed by atoms with Crippen molar-refractivity contribution in [3.63, 3.8) is 0 Å². The second kappa shape index (κ2) is 8.75. The van der Waals surface area contributed by atoms with Crippen LogP contribution in [0, 0.1) is 17.7 Å². The second-order valence-electron chi connectivity index (χ2n) is 8.69. The summed E-state index contributed by atoms with van der Waals surface area (Å²) < 4.78 is 14.9. The molecule has 5 rings (SSSR count).